The molecule has 0 spiro atoms. The van der Waals surface area contributed by atoms with Gasteiger partial charge < -0.3 is 10.2 Å². The van der Waals surface area contributed by atoms with Crippen molar-refractivity contribution in [3.8, 4) is 0 Å². The molecule has 1 N–H and O–H groups in total. The molecule has 0 radical (unpaired) electrons. The molecule has 108 valence electrons. The van der Waals surface area contributed by atoms with Gasteiger partial charge in [-0.2, -0.15) is 0 Å². The highest BCUT2D eigenvalue weighted by molar-refractivity contribution is 4.83. The van der Waals surface area contributed by atoms with Gasteiger partial charge in [0.25, 0.3) is 0 Å². The molecule has 1 fully saturated rings. The summed E-state index contributed by atoms with van der Waals surface area (Å²) in [4.78, 5) is 5.25. The number of hydrogen-bond acceptors (Lipinski definition) is 3. The van der Waals surface area contributed by atoms with E-state index in [-0.39, 0.29) is 0 Å². The highest BCUT2D eigenvalue weighted by atomic mass is 15.3. The molecule has 1 saturated heterocycles. The summed E-state index contributed by atoms with van der Waals surface area (Å²) in [6.07, 6.45) is 2.60. The van der Waals surface area contributed by atoms with Crippen LogP contribution in [0.3, 0.4) is 0 Å². The van der Waals surface area contributed by atoms with E-state index in [0.29, 0.717) is 11.5 Å². The Kier molecular flexibility index (Phi) is 6.61. The van der Waals surface area contributed by atoms with E-state index < -0.39 is 0 Å². The van der Waals surface area contributed by atoms with Crippen LogP contribution in [0.25, 0.3) is 0 Å². The topological polar surface area (TPSA) is 18.5 Å². The van der Waals surface area contributed by atoms with Gasteiger partial charge in [0, 0.05) is 45.3 Å². The first kappa shape index (κ1) is 15.9. The minimum atomic E-state index is 0.434. The van der Waals surface area contributed by atoms with Gasteiger partial charge in [-0.1, -0.05) is 20.3 Å². The van der Waals surface area contributed by atoms with Crippen molar-refractivity contribution >= 4 is 0 Å². The zero-order valence-electron chi connectivity index (χ0n) is 13.1. The quantitative estimate of drug-likeness (QED) is 0.751. The summed E-state index contributed by atoms with van der Waals surface area (Å²) in [5.74, 6) is 0. The summed E-state index contributed by atoms with van der Waals surface area (Å²) >= 11 is 0. The van der Waals surface area contributed by atoms with Crippen molar-refractivity contribution < 1.29 is 0 Å². The second-order valence-corrected chi connectivity index (χ2v) is 6.50. The van der Waals surface area contributed by atoms with Gasteiger partial charge in [0.15, 0.2) is 0 Å². The summed E-state index contributed by atoms with van der Waals surface area (Å²) in [5.41, 5.74) is 0.434. The normalized spacial score (nSPS) is 22.3. The van der Waals surface area contributed by atoms with Crippen molar-refractivity contribution in [1.29, 1.82) is 0 Å². The van der Waals surface area contributed by atoms with Crippen LogP contribution in [0.2, 0.25) is 0 Å². The van der Waals surface area contributed by atoms with Crippen LogP contribution < -0.4 is 5.32 Å². The van der Waals surface area contributed by atoms with Crippen molar-refractivity contribution in [2.45, 2.75) is 46.6 Å². The smallest absolute Gasteiger partial charge is 0.0113 e. The number of nitrogens with zero attached hydrogens (tertiary/aromatic N) is 2. The molecule has 18 heavy (non-hydrogen) atoms. The van der Waals surface area contributed by atoms with Crippen molar-refractivity contribution in [2.75, 3.05) is 46.3 Å². The van der Waals surface area contributed by atoms with E-state index in [1.807, 2.05) is 0 Å². The first-order valence-electron chi connectivity index (χ1n) is 7.62. The van der Waals surface area contributed by atoms with E-state index in [4.69, 9.17) is 0 Å². The second kappa shape index (κ2) is 7.46. The summed E-state index contributed by atoms with van der Waals surface area (Å²) in [7, 11) is 2.07. The largest absolute Gasteiger partial charge is 0.319 e. The second-order valence-electron chi connectivity index (χ2n) is 6.50. The molecular formula is C15H33N3. The summed E-state index contributed by atoms with van der Waals surface area (Å²) in [6, 6.07) is 0.700. The van der Waals surface area contributed by atoms with Crippen molar-refractivity contribution in [3.63, 3.8) is 0 Å². The fourth-order valence-corrected chi connectivity index (χ4v) is 3.23. The molecule has 0 aliphatic carbocycles. The molecule has 1 heterocycles. The van der Waals surface area contributed by atoms with Crippen LogP contribution in [-0.2, 0) is 0 Å². The molecule has 0 bridgehead atoms. The number of rotatable bonds is 7. The maximum absolute atomic E-state index is 3.37. The summed E-state index contributed by atoms with van der Waals surface area (Å²) in [5, 5.41) is 3.37. The molecular weight excluding hydrogens is 222 g/mol. The predicted octanol–water partition coefficient (Wildman–Crippen LogP) is 2.04. The highest BCUT2D eigenvalue weighted by Gasteiger charge is 2.28. The molecule has 0 amide bonds. The van der Waals surface area contributed by atoms with Gasteiger partial charge in [0.1, 0.15) is 0 Å². The van der Waals surface area contributed by atoms with E-state index in [2.05, 4.69) is 49.9 Å². The monoisotopic (exact) mass is 255 g/mol. The van der Waals surface area contributed by atoms with Crippen LogP contribution in [0.5, 0.6) is 0 Å². The molecule has 0 aromatic rings. The van der Waals surface area contributed by atoms with Gasteiger partial charge in [-0.05, 0) is 32.7 Å². The van der Waals surface area contributed by atoms with Crippen molar-refractivity contribution in [3.05, 3.63) is 0 Å². The Bertz CT molecular complexity index is 214. The van der Waals surface area contributed by atoms with Crippen LogP contribution in [0.4, 0.5) is 0 Å². The van der Waals surface area contributed by atoms with Gasteiger partial charge in [-0.15, -0.1) is 0 Å². The zero-order valence-corrected chi connectivity index (χ0v) is 13.1. The van der Waals surface area contributed by atoms with Crippen LogP contribution >= 0.6 is 0 Å². The Balaban J connectivity index is 2.42. The van der Waals surface area contributed by atoms with Crippen molar-refractivity contribution in [1.82, 2.24) is 15.1 Å². The third-order valence-corrected chi connectivity index (χ3v) is 4.20. The molecule has 1 unspecified atom stereocenters. The Morgan fingerprint density at radius 1 is 1.17 bits per heavy atom. The molecule has 1 aliphatic heterocycles. The maximum Gasteiger partial charge on any atom is 0.0113 e. The Labute approximate surface area is 114 Å². The molecule has 3 heteroatoms. The fourth-order valence-electron chi connectivity index (χ4n) is 3.23. The van der Waals surface area contributed by atoms with E-state index in [9.17, 15) is 0 Å². The first-order chi connectivity index (χ1) is 8.50. The van der Waals surface area contributed by atoms with Gasteiger partial charge >= 0.3 is 0 Å². The minimum Gasteiger partial charge on any atom is -0.319 e. The van der Waals surface area contributed by atoms with E-state index in [1.54, 1.807) is 0 Å². The van der Waals surface area contributed by atoms with E-state index >= 15 is 0 Å². The molecule has 0 aromatic heterocycles. The Hall–Kier alpha value is -0.120. The molecule has 1 atom stereocenters. The molecule has 1 aliphatic rings. The van der Waals surface area contributed by atoms with Crippen LogP contribution in [0, 0.1) is 5.41 Å². The molecule has 1 rings (SSSR count). The maximum atomic E-state index is 3.37. The molecule has 0 aromatic carbocycles. The molecule has 0 saturated carbocycles. The first-order valence-corrected chi connectivity index (χ1v) is 7.62. The lowest BCUT2D eigenvalue weighted by Crippen LogP contribution is -2.52. The minimum absolute atomic E-state index is 0.434. The van der Waals surface area contributed by atoms with Crippen LogP contribution in [0.15, 0.2) is 0 Å². The van der Waals surface area contributed by atoms with Gasteiger partial charge in [0.2, 0.25) is 0 Å². The summed E-state index contributed by atoms with van der Waals surface area (Å²) < 4.78 is 0. The predicted molar refractivity (Wildman–Crippen MR) is 80.1 cm³/mol. The Morgan fingerprint density at radius 3 is 2.22 bits per heavy atom. The lowest BCUT2D eigenvalue weighted by Gasteiger charge is -2.41. The number of hydrogen-bond donors (Lipinski definition) is 1. The van der Waals surface area contributed by atoms with E-state index in [1.165, 1.54) is 45.6 Å². The van der Waals surface area contributed by atoms with Crippen LogP contribution in [-0.4, -0.2) is 62.2 Å². The summed E-state index contributed by atoms with van der Waals surface area (Å²) in [6.45, 7) is 16.7. The average molecular weight is 255 g/mol. The fraction of sp³-hybridized carbons (Fsp3) is 1.00. The standard InChI is InChI=1S/C15H33N3/c1-6-7-15(4,12-16-5)13-17-8-10-18(11-9-17)14(2)3/h14,16H,6-13H2,1-5H3. The number of piperazine rings is 1. The lowest BCUT2D eigenvalue weighted by atomic mass is 9.84. The third-order valence-electron chi connectivity index (χ3n) is 4.20. The van der Waals surface area contributed by atoms with Gasteiger partial charge in [0.05, 0.1) is 0 Å². The number of nitrogens with one attached hydrogen (secondary N) is 1. The average Bonchev–Trinajstić information content (AvgIpc) is 2.30. The van der Waals surface area contributed by atoms with Crippen LogP contribution in [0.1, 0.15) is 40.5 Å². The van der Waals surface area contributed by atoms with Crippen molar-refractivity contribution in [2.24, 2.45) is 5.41 Å². The lowest BCUT2D eigenvalue weighted by molar-refractivity contribution is 0.0724. The highest BCUT2D eigenvalue weighted by Crippen LogP contribution is 2.24. The zero-order chi connectivity index (χ0) is 13.6. The molecule has 3 nitrogen and oxygen atoms in total. The van der Waals surface area contributed by atoms with Gasteiger partial charge in [-0.25, -0.2) is 0 Å². The Morgan fingerprint density at radius 2 is 1.78 bits per heavy atom. The van der Waals surface area contributed by atoms with E-state index in [0.717, 1.165) is 6.54 Å². The third kappa shape index (κ3) is 4.87. The van der Waals surface area contributed by atoms with Gasteiger partial charge in [-0.3, -0.25) is 4.90 Å². The SMILES string of the molecule is CCCC(C)(CNC)CN1CCN(C(C)C)CC1.